The molecule has 0 aromatic heterocycles. The summed E-state index contributed by atoms with van der Waals surface area (Å²) < 4.78 is 66.1. The Morgan fingerprint density at radius 3 is 0.767 bits per heavy atom. The van der Waals surface area contributed by atoms with Crippen LogP contribution in [0.5, 0.6) is 0 Å². The number of ether oxygens (including phenoxy) is 10. The first-order valence-corrected chi connectivity index (χ1v) is 24.8. The van der Waals surface area contributed by atoms with Crippen molar-refractivity contribution < 1.29 is 47.4 Å². The van der Waals surface area contributed by atoms with Gasteiger partial charge in [-0.05, 0) is 72.0 Å². The van der Waals surface area contributed by atoms with Gasteiger partial charge in [0.25, 0.3) is 0 Å². The van der Waals surface area contributed by atoms with Crippen molar-refractivity contribution in [3.63, 3.8) is 0 Å². The molecule has 352 valence electrons. The van der Waals surface area contributed by atoms with Crippen molar-refractivity contribution in [2.75, 3.05) is 33.0 Å². The van der Waals surface area contributed by atoms with Crippen LogP contribution in [0.1, 0.15) is 137 Å². The molecular weight excluding hydrogens is 761 g/mol. The molecule has 5 aliphatic rings. The minimum atomic E-state index is -0.362. The van der Waals surface area contributed by atoms with E-state index < -0.39 is 0 Å². The van der Waals surface area contributed by atoms with Crippen LogP contribution in [-0.2, 0) is 47.4 Å². The highest BCUT2D eigenvalue weighted by atomic mass is 16.7. The average Bonchev–Trinajstić information content (AvgIpc) is 3.23. The van der Waals surface area contributed by atoms with Gasteiger partial charge in [-0.15, -0.1) is 0 Å². The normalized spacial score (nSPS) is 50.5. The van der Waals surface area contributed by atoms with Gasteiger partial charge in [0.2, 0.25) is 0 Å². The van der Waals surface area contributed by atoms with Crippen LogP contribution in [-0.4, -0.2) is 95.0 Å². The molecule has 10 unspecified atom stereocenters. The predicted molar refractivity (Wildman–Crippen MR) is 236 cm³/mol. The lowest BCUT2D eigenvalue weighted by atomic mass is 9.78. The summed E-state index contributed by atoms with van der Waals surface area (Å²) in [5.74, 6) is 5.35. The van der Waals surface area contributed by atoms with Crippen molar-refractivity contribution in [1.29, 1.82) is 0 Å². The lowest BCUT2D eigenvalue weighted by Gasteiger charge is -2.47. The summed E-state index contributed by atoms with van der Waals surface area (Å²) in [5.41, 5.74) is 0. The van der Waals surface area contributed by atoms with Crippen molar-refractivity contribution in [2.24, 2.45) is 88.8 Å². The molecule has 25 atom stereocenters. The van der Waals surface area contributed by atoms with E-state index in [0.717, 1.165) is 25.9 Å². The largest absolute Gasteiger partial charge is 0.352 e. The topological polar surface area (TPSA) is 92.3 Å². The molecule has 5 saturated heterocycles. The molecule has 0 aromatic rings. The van der Waals surface area contributed by atoms with Crippen LogP contribution in [0.4, 0.5) is 0 Å². The number of hydrogen-bond donors (Lipinski definition) is 0. The molecule has 60 heavy (non-hydrogen) atoms. The first-order chi connectivity index (χ1) is 28.4. The van der Waals surface area contributed by atoms with Crippen LogP contribution in [0, 0.1) is 88.8 Å². The number of rotatable bonds is 17. The molecule has 5 aliphatic heterocycles. The fourth-order valence-electron chi connectivity index (χ4n) is 10.7. The number of hydrogen-bond acceptors (Lipinski definition) is 10. The van der Waals surface area contributed by atoms with Crippen LogP contribution in [0.15, 0.2) is 0 Å². The molecule has 5 rings (SSSR count). The van der Waals surface area contributed by atoms with E-state index in [9.17, 15) is 0 Å². The van der Waals surface area contributed by atoms with Crippen molar-refractivity contribution in [2.45, 2.75) is 199 Å². The minimum absolute atomic E-state index is 0.0449. The Morgan fingerprint density at radius 2 is 0.517 bits per heavy atom. The third kappa shape index (κ3) is 11.5. The SMILES string of the molecule is CCCCO[C@@H]1OC(CO[C@H]2OC(CO[C@H]3OC(CO[C@H]4OC(CO[C@@H]5OC(CC)[C@@H](C)[C@H](C)C5C)[C@@H](C)[C@H](C)C4C)[C@@H](C)[C@H](C)C3C)[C@@H](C)[C@H](C)C2C)[C@@H](C)[C@H](C)C1C. The Bertz CT molecular complexity index is 1250. The van der Waals surface area contributed by atoms with Gasteiger partial charge < -0.3 is 47.4 Å². The molecule has 5 heterocycles. The van der Waals surface area contributed by atoms with Crippen LogP contribution in [0.3, 0.4) is 0 Å². The van der Waals surface area contributed by atoms with Crippen molar-refractivity contribution in [3.8, 4) is 0 Å². The monoisotopic (exact) mass is 853 g/mol. The van der Waals surface area contributed by atoms with E-state index in [2.05, 4.69) is 118 Å². The van der Waals surface area contributed by atoms with E-state index in [1.807, 2.05) is 0 Å². The van der Waals surface area contributed by atoms with E-state index in [0.29, 0.717) is 97.4 Å². The van der Waals surface area contributed by atoms with Gasteiger partial charge in [0, 0.05) is 36.2 Å². The van der Waals surface area contributed by atoms with Crippen molar-refractivity contribution in [1.82, 2.24) is 0 Å². The molecule has 10 nitrogen and oxygen atoms in total. The van der Waals surface area contributed by atoms with Crippen LogP contribution >= 0.6 is 0 Å². The quantitative estimate of drug-likeness (QED) is 0.132. The molecule has 0 saturated carbocycles. The maximum Gasteiger partial charge on any atom is 0.160 e. The second-order valence-corrected chi connectivity index (χ2v) is 21.1. The molecule has 0 amide bonds. The van der Waals surface area contributed by atoms with E-state index in [-0.39, 0.29) is 79.7 Å². The van der Waals surface area contributed by atoms with E-state index in [1.54, 1.807) is 0 Å². The Kier molecular flexibility index (Phi) is 19.1. The van der Waals surface area contributed by atoms with Gasteiger partial charge in [-0.25, -0.2) is 0 Å². The smallest absolute Gasteiger partial charge is 0.160 e. The zero-order valence-electron chi connectivity index (χ0n) is 41.2. The zero-order valence-corrected chi connectivity index (χ0v) is 41.2. The van der Waals surface area contributed by atoms with E-state index in [1.165, 1.54) is 0 Å². The highest BCUT2D eigenvalue weighted by molar-refractivity contribution is 4.89. The van der Waals surface area contributed by atoms with Crippen LogP contribution < -0.4 is 0 Å². The van der Waals surface area contributed by atoms with Gasteiger partial charge in [0.1, 0.15) is 0 Å². The molecular formula is C50H92O10. The highest BCUT2D eigenvalue weighted by Crippen LogP contribution is 2.42. The summed E-state index contributed by atoms with van der Waals surface area (Å²) in [6.45, 7) is 41.3. The van der Waals surface area contributed by atoms with Crippen LogP contribution in [0.25, 0.3) is 0 Å². The summed E-state index contributed by atoms with van der Waals surface area (Å²) in [5, 5.41) is 0. The van der Waals surface area contributed by atoms with Gasteiger partial charge >= 0.3 is 0 Å². The fraction of sp³-hybridized carbons (Fsp3) is 1.00. The Balaban J connectivity index is 1.14. The zero-order chi connectivity index (χ0) is 44.2. The molecule has 0 N–H and O–H groups in total. The summed E-state index contributed by atoms with van der Waals surface area (Å²) >= 11 is 0. The predicted octanol–water partition coefficient (Wildman–Crippen LogP) is 10.4. The molecule has 0 aromatic carbocycles. The summed E-state index contributed by atoms with van der Waals surface area (Å²) in [4.78, 5) is 0. The third-order valence-corrected chi connectivity index (χ3v) is 17.8. The van der Waals surface area contributed by atoms with Gasteiger partial charge in [-0.1, -0.05) is 124 Å². The Labute approximate surface area is 367 Å². The minimum Gasteiger partial charge on any atom is -0.352 e. The first-order valence-electron chi connectivity index (χ1n) is 24.8. The van der Waals surface area contributed by atoms with Gasteiger partial charge in [-0.3, -0.25) is 0 Å². The molecule has 5 fully saturated rings. The molecule has 0 aliphatic carbocycles. The number of unbranched alkanes of at least 4 members (excludes halogenated alkanes) is 1. The maximum atomic E-state index is 6.80. The Morgan fingerprint density at radius 1 is 0.283 bits per heavy atom. The molecule has 10 heteroatoms. The summed E-state index contributed by atoms with van der Waals surface area (Å²) in [7, 11) is 0. The third-order valence-electron chi connectivity index (χ3n) is 17.8. The van der Waals surface area contributed by atoms with Crippen LogP contribution in [0.2, 0.25) is 0 Å². The molecule has 0 radical (unpaired) electrons. The maximum absolute atomic E-state index is 6.80. The standard InChI is InChI=1S/C50H92O10/c1-18-20-21-51-46-36(13)27(4)32(9)42(57-46)22-53-48-38(15)29(6)34(11)44(59-48)24-55-50-40(17)30(7)35(12)45(60-50)25-54-49-39(16)28(5)33(10)43(58-49)23-52-47-37(14)26(3)31(8)41(19-2)56-47/h26-50H,18-25H2,1-17H3/t26-,27-,28-,29-,30-,31-,32-,33-,34-,35-,36?,37?,38?,39?,40?,41?,42?,43?,44?,45?,46+,47+,48-,49-,50-/m0/s1. The lowest BCUT2D eigenvalue weighted by molar-refractivity contribution is -0.315. The van der Waals surface area contributed by atoms with Crippen molar-refractivity contribution >= 4 is 0 Å². The van der Waals surface area contributed by atoms with E-state index in [4.69, 9.17) is 47.4 Å². The Hall–Kier alpha value is -0.400. The second-order valence-electron chi connectivity index (χ2n) is 21.1. The molecule has 0 bridgehead atoms. The molecule has 0 spiro atoms. The average molecular weight is 853 g/mol. The lowest BCUT2D eigenvalue weighted by Crippen LogP contribution is -2.53. The van der Waals surface area contributed by atoms with Crippen molar-refractivity contribution in [3.05, 3.63) is 0 Å². The second kappa shape index (κ2) is 22.7. The van der Waals surface area contributed by atoms with E-state index >= 15 is 0 Å². The first kappa shape index (κ1) is 50.6. The fourth-order valence-corrected chi connectivity index (χ4v) is 10.7. The summed E-state index contributed by atoms with van der Waals surface area (Å²) in [6, 6.07) is 0. The summed E-state index contributed by atoms with van der Waals surface area (Å²) in [6.07, 6.45) is 1.56. The van der Waals surface area contributed by atoms with Gasteiger partial charge in [-0.2, -0.15) is 0 Å². The highest BCUT2D eigenvalue weighted by Gasteiger charge is 2.47. The van der Waals surface area contributed by atoms with Gasteiger partial charge in [0.05, 0.1) is 56.9 Å². The van der Waals surface area contributed by atoms with Gasteiger partial charge in [0.15, 0.2) is 31.5 Å².